The number of piperidine rings is 1. The van der Waals surface area contributed by atoms with Crippen molar-refractivity contribution in [1.82, 2.24) is 20.4 Å². The van der Waals surface area contributed by atoms with Crippen LogP contribution in [0.15, 0.2) is 53.1 Å². The predicted octanol–water partition coefficient (Wildman–Crippen LogP) is 5.60. The van der Waals surface area contributed by atoms with Crippen LogP contribution in [0, 0.1) is 12.8 Å². The van der Waals surface area contributed by atoms with E-state index in [-0.39, 0.29) is 17.2 Å². The Morgan fingerprint density at radius 2 is 2.00 bits per heavy atom. The van der Waals surface area contributed by atoms with Gasteiger partial charge in [0, 0.05) is 30.2 Å². The van der Waals surface area contributed by atoms with E-state index >= 15 is 0 Å². The number of amides is 1. The molecule has 7 heteroatoms. The number of carbonyl (C=O) groups excluding carboxylic acids is 1. The lowest BCUT2D eigenvalue weighted by atomic mass is 9.87. The third-order valence-electron chi connectivity index (χ3n) is 6.61. The molecule has 6 nitrogen and oxygen atoms in total. The van der Waals surface area contributed by atoms with Gasteiger partial charge in [-0.05, 0) is 42.9 Å². The van der Waals surface area contributed by atoms with Crippen molar-refractivity contribution in [3.63, 3.8) is 0 Å². The second-order valence-corrected chi connectivity index (χ2v) is 11.9. The molecule has 36 heavy (non-hydrogen) atoms. The summed E-state index contributed by atoms with van der Waals surface area (Å²) in [6.45, 7) is 11.7. The van der Waals surface area contributed by atoms with Gasteiger partial charge in [-0.25, -0.2) is 0 Å². The minimum atomic E-state index is 0.00728. The molecule has 1 N–H and O–H groups in total. The summed E-state index contributed by atoms with van der Waals surface area (Å²) in [5.41, 5.74) is 4.96. The maximum absolute atomic E-state index is 12.8. The van der Waals surface area contributed by atoms with Gasteiger partial charge in [0.05, 0.1) is 12.5 Å². The van der Waals surface area contributed by atoms with Crippen molar-refractivity contribution >= 4 is 17.7 Å². The molecule has 0 aliphatic carbocycles. The zero-order valence-corrected chi connectivity index (χ0v) is 22.7. The summed E-state index contributed by atoms with van der Waals surface area (Å²) in [6.07, 6.45) is 1.92. The van der Waals surface area contributed by atoms with Gasteiger partial charge in [-0.15, -0.1) is 0 Å². The van der Waals surface area contributed by atoms with E-state index < -0.39 is 0 Å². The highest BCUT2D eigenvalue weighted by molar-refractivity contribution is 7.98. The van der Waals surface area contributed by atoms with E-state index in [9.17, 15) is 4.79 Å². The van der Waals surface area contributed by atoms with Gasteiger partial charge in [0.25, 0.3) is 0 Å². The van der Waals surface area contributed by atoms with Crippen molar-refractivity contribution < 1.29 is 9.32 Å². The molecule has 1 aromatic heterocycles. The molecule has 1 aliphatic rings. The van der Waals surface area contributed by atoms with Crippen molar-refractivity contribution in [1.29, 1.82) is 0 Å². The molecule has 0 radical (unpaired) electrons. The number of hydrogen-bond donors (Lipinski definition) is 1. The molecular formula is C29H38N4O2S. The average molecular weight is 507 g/mol. The van der Waals surface area contributed by atoms with E-state index in [0.717, 1.165) is 43.0 Å². The van der Waals surface area contributed by atoms with E-state index in [1.807, 2.05) is 11.8 Å². The van der Waals surface area contributed by atoms with Gasteiger partial charge in [-0.3, -0.25) is 9.69 Å². The minimum Gasteiger partial charge on any atom is -0.355 e. The quantitative estimate of drug-likeness (QED) is 0.381. The second-order valence-electron chi connectivity index (χ2n) is 10.7. The van der Waals surface area contributed by atoms with Gasteiger partial charge in [0.2, 0.25) is 17.6 Å². The highest BCUT2D eigenvalue weighted by Gasteiger charge is 2.26. The van der Waals surface area contributed by atoms with Crippen LogP contribution in [-0.4, -0.2) is 46.3 Å². The van der Waals surface area contributed by atoms with E-state index in [4.69, 9.17) is 4.52 Å². The summed E-state index contributed by atoms with van der Waals surface area (Å²) in [5, 5.41) is 7.33. The molecular weight excluding hydrogens is 468 g/mol. The van der Waals surface area contributed by atoms with E-state index in [0.29, 0.717) is 24.8 Å². The van der Waals surface area contributed by atoms with Crippen LogP contribution in [0.3, 0.4) is 0 Å². The number of rotatable bonds is 9. The SMILES string of the molecule is Cc1cccc(CSCCNC(=O)C2CCCN(Cc3nc(-c4ccc(C(C)(C)C)cc4)no3)C2)c1. The lowest BCUT2D eigenvalue weighted by molar-refractivity contribution is -0.126. The zero-order chi connectivity index (χ0) is 25.5. The predicted molar refractivity (Wildman–Crippen MR) is 147 cm³/mol. The smallest absolute Gasteiger partial charge is 0.241 e. The Bertz CT molecular complexity index is 1140. The molecule has 1 fully saturated rings. The Kier molecular flexibility index (Phi) is 8.86. The number of hydrogen-bond acceptors (Lipinski definition) is 6. The molecule has 1 unspecified atom stereocenters. The number of thioether (sulfide) groups is 1. The van der Waals surface area contributed by atoms with Crippen LogP contribution in [0.2, 0.25) is 0 Å². The Labute approximate surface area is 219 Å². The van der Waals surface area contributed by atoms with Gasteiger partial charge in [0.15, 0.2) is 0 Å². The lowest BCUT2D eigenvalue weighted by Crippen LogP contribution is -2.43. The Hall–Kier alpha value is -2.64. The van der Waals surface area contributed by atoms with Crippen molar-refractivity contribution in [2.45, 2.75) is 58.2 Å². The highest BCUT2D eigenvalue weighted by atomic mass is 32.2. The van der Waals surface area contributed by atoms with E-state index in [2.05, 4.69) is 96.6 Å². The van der Waals surface area contributed by atoms with Gasteiger partial charge in [0.1, 0.15) is 0 Å². The molecule has 1 saturated heterocycles. The van der Waals surface area contributed by atoms with Crippen LogP contribution < -0.4 is 5.32 Å². The molecule has 0 saturated carbocycles. The van der Waals surface area contributed by atoms with E-state index in [1.54, 1.807) is 0 Å². The van der Waals surface area contributed by atoms with Gasteiger partial charge >= 0.3 is 0 Å². The molecule has 1 amide bonds. The van der Waals surface area contributed by atoms with E-state index in [1.165, 1.54) is 16.7 Å². The van der Waals surface area contributed by atoms with Gasteiger partial charge < -0.3 is 9.84 Å². The number of carbonyl (C=O) groups is 1. The first-order valence-corrected chi connectivity index (χ1v) is 14.0. The minimum absolute atomic E-state index is 0.00728. The highest BCUT2D eigenvalue weighted by Crippen LogP contribution is 2.25. The van der Waals surface area contributed by atoms with Crippen LogP contribution in [0.5, 0.6) is 0 Å². The molecule has 1 aliphatic heterocycles. The molecule has 0 spiro atoms. The normalized spacial score (nSPS) is 16.7. The second kappa shape index (κ2) is 12.1. The van der Waals surface area contributed by atoms with Crippen molar-refractivity contribution in [3.05, 3.63) is 71.1 Å². The molecule has 3 aromatic rings. The maximum atomic E-state index is 12.8. The van der Waals surface area contributed by atoms with Crippen LogP contribution in [0.1, 0.15) is 56.2 Å². The fourth-order valence-electron chi connectivity index (χ4n) is 4.54. The molecule has 1 atom stereocenters. The summed E-state index contributed by atoms with van der Waals surface area (Å²) in [5.74, 6) is 3.26. The van der Waals surface area contributed by atoms with Crippen molar-refractivity contribution in [2.75, 3.05) is 25.4 Å². The third kappa shape index (κ3) is 7.43. The largest absolute Gasteiger partial charge is 0.355 e. The molecule has 4 rings (SSSR count). The molecule has 2 heterocycles. The zero-order valence-electron chi connectivity index (χ0n) is 21.9. The third-order valence-corrected chi connectivity index (χ3v) is 7.64. The Morgan fingerprint density at radius 1 is 1.19 bits per heavy atom. The van der Waals surface area contributed by atoms with Crippen LogP contribution in [0.25, 0.3) is 11.4 Å². The number of nitrogens with one attached hydrogen (secondary N) is 1. The number of nitrogens with zero attached hydrogens (tertiary/aromatic N) is 3. The first kappa shape index (κ1) is 26.4. The van der Waals surface area contributed by atoms with Crippen LogP contribution in [0.4, 0.5) is 0 Å². The fraction of sp³-hybridized carbons (Fsp3) is 0.483. The first-order chi connectivity index (χ1) is 17.3. The summed E-state index contributed by atoms with van der Waals surface area (Å²) in [6, 6.07) is 16.9. The number of aromatic nitrogens is 2. The van der Waals surface area contributed by atoms with Crippen LogP contribution in [-0.2, 0) is 22.5 Å². The Balaban J connectivity index is 1.21. The number of likely N-dealkylation sites (tertiary alicyclic amines) is 1. The maximum Gasteiger partial charge on any atom is 0.241 e. The summed E-state index contributed by atoms with van der Waals surface area (Å²) < 4.78 is 5.54. The molecule has 2 aromatic carbocycles. The van der Waals surface area contributed by atoms with Gasteiger partial charge in [-0.2, -0.15) is 16.7 Å². The fourth-order valence-corrected chi connectivity index (χ4v) is 5.35. The average Bonchev–Trinajstić information content (AvgIpc) is 3.32. The summed E-state index contributed by atoms with van der Waals surface area (Å²) in [7, 11) is 0. The summed E-state index contributed by atoms with van der Waals surface area (Å²) >= 11 is 1.86. The Morgan fingerprint density at radius 3 is 2.75 bits per heavy atom. The van der Waals surface area contributed by atoms with Crippen molar-refractivity contribution in [2.24, 2.45) is 5.92 Å². The number of benzene rings is 2. The van der Waals surface area contributed by atoms with Gasteiger partial charge in [-0.1, -0.05) is 80.0 Å². The topological polar surface area (TPSA) is 71.3 Å². The van der Waals surface area contributed by atoms with Crippen molar-refractivity contribution in [3.8, 4) is 11.4 Å². The standard InChI is InChI=1S/C29H38N4O2S/c1-21-7-5-8-22(17-21)20-36-16-14-30-28(34)24-9-6-15-33(18-24)19-26-31-27(32-35-26)23-10-12-25(13-11-23)29(2,3)4/h5,7-8,10-13,17,24H,6,9,14-16,18-20H2,1-4H3,(H,30,34). The van der Waals surface area contributed by atoms with Crippen LogP contribution >= 0.6 is 11.8 Å². The lowest BCUT2D eigenvalue weighted by Gasteiger charge is -2.30. The molecule has 0 bridgehead atoms. The summed E-state index contributed by atoms with van der Waals surface area (Å²) in [4.78, 5) is 19.6. The molecule has 192 valence electrons. The monoisotopic (exact) mass is 506 g/mol. The number of aryl methyl sites for hydroxylation is 1. The first-order valence-electron chi connectivity index (χ1n) is 12.8.